The second kappa shape index (κ2) is 7.05. The Labute approximate surface area is 146 Å². The van der Waals surface area contributed by atoms with Crippen LogP contribution in [0.25, 0.3) is 10.9 Å². The van der Waals surface area contributed by atoms with Crippen LogP contribution in [-0.2, 0) is 6.61 Å². The molecule has 0 fully saturated rings. The monoisotopic (exact) mass is 327 g/mol. The van der Waals surface area contributed by atoms with E-state index in [1.54, 1.807) is 0 Å². The number of pyridine rings is 1. The number of hydrogen-bond acceptors (Lipinski definition) is 3. The van der Waals surface area contributed by atoms with Crippen molar-refractivity contribution in [3.8, 4) is 17.4 Å². The maximum Gasteiger partial charge on any atom is 0.219 e. The third kappa shape index (κ3) is 3.78. The molecule has 0 unspecified atom stereocenters. The summed E-state index contributed by atoms with van der Waals surface area (Å²) in [5.41, 5.74) is 2.06. The van der Waals surface area contributed by atoms with Crippen molar-refractivity contribution in [2.45, 2.75) is 6.61 Å². The molecular formula is C22H17NO2. The van der Waals surface area contributed by atoms with Crippen LogP contribution in [0.4, 0.5) is 0 Å². The first-order chi connectivity index (χ1) is 12.4. The van der Waals surface area contributed by atoms with E-state index in [2.05, 4.69) is 4.98 Å². The van der Waals surface area contributed by atoms with Gasteiger partial charge in [-0.1, -0.05) is 48.5 Å². The van der Waals surface area contributed by atoms with E-state index in [1.807, 2.05) is 91.0 Å². The Morgan fingerprint density at radius 1 is 0.640 bits per heavy atom. The second-order valence-corrected chi connectivity index (χ2v) is 5.69. The van der Waals surface area contributed by atoms with Crippen molar-refractivity contribution in [1.29, 1.82) is 0 Å². The largest absolute Gasteiger partial charge is 0.489 e. The first kappa shape index (κ1) is 15.2. The molecule has 25 heavy (non-hydrogen) atoms. The van der Waals surface area contributed by atoms with Crippen LogP contribution in [-0.4, -0.2) is 4.98 Å². The van der Waals surface area contributed by atoms with Gasteiger partial charge in [-0.3, -0.25) is 0 Å². The lowest BCUT2D eigenvalue weighted by Crippen LogP contribution is -1.95. The number of para-hydroxylation sites is 1. The van der Waals surface area contributed by atoms with E-state index < -0.39 is 0 Å². The molecule has 0 radical (unpaired) electrons. The average molecular weight is 327 g/mol. The van der Waals surface area contributed by atoms with Crippen LogP contribution in [0.2, 0.25) is 0 Å². The van der Waals surface area contributed by atoms with Crippen molar-refractivity contribution in [3.63, 3.8) is 0 Å². The Hall–Kier alpha value is -3.33. The molecule has 0 saturated heterocycles. The summed E-state index contributed by atoms with van der Waals surface area (Å²) < 4.78 is 11.6. The molecule has 0 aliphatic heterocycles. The summed E-state index contributed by atoms with van der Waals surface area (Å²) in [7, 11) is 0. The van der Waals surface area contributed by atoms with Crippen molar-refractivity contribution < 1.29 is 9.47 Å². The van der Waals surface area contributed by atoms with Crippen LogP contribution in [0.15, 0.2) is 91.0 Å². The van der Waals surface area contributed by atoms with Crippen LogP contribution < -0.4 is 9.47 Å². The molecule has 3 nitrogen and oxygen atoms in total. The quantitative estimate of drug-likeness (QED) is 0.478. The lowest BCUT2D eigenvalue weighted by Gasteiger charge is -2.08. The topological polar surface area (TPSA) is 31.4 Å². The average Bonchev–Trinajstić information content (AvgIpc) is 2.68. The van der Waals surface area contributed by atoms with Crippen molar-refractivity contribution in [3.05, 3.63) is 96.6 Å². The van der Waals surface area contributed by atoms with Crippen molar-refractivity contribution in [2.75, 3.05) is 0 Å². The number of aromatic nitrogens is 1. The van der Waals surface area contributed by atoms with Crippen LogP contribution in [0, 0.1) is 0 Å². The summed E-state index contributed by atoms with van der Waals surface area (Å²) >= 11 is 0. The van der Waals surface area contributed by atoms with Gasteiger partial charge in [0.1, 0.15) is 18.1 Å². The van der Waals surface area contributed by atoms with Gasteiger partial charge in [0.05, 0.1) is 5.52 Å². The van der Waals surface area contributed by atoms with Gasteiger partial charge in [-0.15, -0.1) is 0 Å². The van der Waals surface area contributed by atoms with Crippen LogP contribution in [0.5, 0.6) is 17.4 Å². The highest BCUT2D eigenvalue weighted by molar-refractivity contribution is 5.78. The molecule has 0 bridgehead atoms. The predicted molar refractivity (Wildman–Crippen MR) is 99.0 cm³/mol. The van der Waals surface area contributed by atoms with Crippen molar-refractivity contribution in [2.24, 2.45) is 0 Å². The summed E-state index contributed by atoms with van der Waals surface area (Å²) in [5.74, 6) is 2.12. The summed E-state index contributed by atoms with van der Waals surface area (Å²) in [5, 5.41) is 1.10. The molecule has 1 aromatic heterocycles. The van der Waals surface area contributed by atoms with E-state index in [0.717, 1.165) is 28.0 Å². The Kier molecular flexibility index (Phi) is 4.29. The molecule has 0 aliphatic rings. The zero-order valence-electron chi connectivity index (χ0n) is 13.6. The van der Waals surface area contributed by atoms with Gasteiger partial charge >= 0.3 is 0 Å². The molecule has 4 aromatic rings. The summed E-state index contributed by atoms with van der Waals surface area (Å²) in [4.78, 5) is 4.52. The van der Waals surface area contributed by atoms with Gasteiger partial charge in [0.2, 0.25) is 5.88 Å². The maximum absolute atomic E-state index is 5.84. The molecule has 0 spiro atoms. The second-order valence-electron chi connectivity index (χ2n) is 5.69. The molecule has 0 N–H and O–H groups in total. The van der Waals surface area contributed by atoms with Gasteiger partial charge in [0, 0.05) is 11.5 Å². The number of nitrogens with zero attached hydrogens (tertiary/aromatic N) is 1. The van der Waals surface area contributed by atoms with Gasteiger partial charge in [-0.05, 0) is 42.0 Å². The van der Waals surface area contributed by atoms with Gasteiger partial charge in [-0.25, -0.2) is 4.98 Å². The van der Waals surface area contributed by atoms with Crippen LogP contribution >= 0.6 is 0 Å². The molecular weight excluding hydrogens is 310 g/mol. The number of hydrogen-bond donors (Lipinski definition) is 0. The van der Waals surface area contributed by atoms with Gasteiger partial charge in [-0.2, -0.15) is 0 Å². The molecule has 1 heterocycles. The third-order valence-electron chi connectivity index (χ3n) is 3.87. The maximum atomic E-state index is 5.84. The lowest BCUT2D eigenvalue weighted by molar-refractivity contribution is 0.305. The fourth-order valence-corrected chi connectivity index (χ4v) is 2.57. The summed E-state index contributed by atoms with van der Waals surface area (Å²) in [6.07, 6.45) is 0. The Balaban J connectivity index is 1.42. The molecule has 0 aliphatic carbocycles. The predicted octanol–water partition coefficient (Wildman–Crippen LogP) is 5.61. The molecule has 122 valence electrons. The van der Waals surface area contributed by atoms with Gasteiger partial charge in [0.15, 0.2) is 0 Å². The first-order valence-electron chi connectivity index (χ1n) is 8.17. The highest BCUT2D eigenvalue weighted by Gasteiger charge is 2.02. The van der Waals surface area contributed by atoms with Gasteiger partial charge < -0.3 is 9.47 Å². The smallest absolute Gasteiger partial charge is 0.219 e. The Morgan fingerprint density at radius 2 is 1.36 bits per heavy atom. The van der Waals surface area contributed by atoms with Crippen molar-refractivity contribution >= 4 is 10.9 Å². The Bertz CT molecular complexity index is 966. The van der Waals surface area contributed by atoms with E-state index in [1.165, 1.54) is 0 Å². The highest BCUT2D eigenvalue weighted by Crippen LogP contribution is 2.24. The van der Waals surface area contributed by atoms with E-state index >= 15 is 0 Å². The summed E-state index contributed by atoms with van der Waals surface area (Å²) in [6.45, 7) is 0.549. The molecule has 0 amide bonds. The normalized spacial score (nSPS) is 10.6. The fraction of sp³-hybridized carbons (Fsp3) is 0.0455. The van der Waals surface area contributed by atoms with E-state index in [4.69, 9.17) is 9.47 Å². The van der Waals surface area contributed by atoms with E-state index in [-0.39, 0.29) is 0 Å². The third-order valence-corrected chi connectivity index (χ3v) is 3.87. The number of fused-ring (bicyclic) bond motifs is 1. The number of ether oxygens (including phenoxy) is 2. The van der Waals surface area contributed by atoms with Crippen LogP contribution in [0.3, 0.4) is 0 Å². The van der Waals surface area contributed by atoms with Crippen LogP contribution in [0.1, 0.15) is 5.56 Å². The first-order valence-corrected chi connectivity index (χ1v) is 8.17. The Morgan fingerprint density at radius 3 is 2.20 bits per heavy atom. The van der Waals surface area contributed by atoms with Gasteiger partial charge in [0.25, 0.3) is 0 Å². The minimum Gasteiger partial charge on any atom is -0.489 e. The minimum absolute atomic E-state index is 0.549. The number of benzene rings is 3. The molecule has 0 saturated carbocycles. The zero-order valence-corrected chi connectivity index (χ0v) is 13.6. The standard InChI is InChI=1S/C22H17NO2/c1-2-6-17(7-3-1)16-24-19-11-13-20(14-12-19)25-22-15-10-18-8-4-5-9-21(18)23-22/h1-15H,16H2. The fourth-order valence-electron chi connectivity index (χ4n) is 2.57. The van der Waals surface area contributed by atoms with E-state index in [9.17, 15) is 0 Å². The number of rotatable bonds is 5. The van der Waals surface area contributed by atoms with E-state index in [0.29, 0.717) is 12.5 Å². The molecule has 3 heteroatoms. The molecule has 3 aromatic carbocycles. The SMILES string of the molecule is c1ccc(COc2ccc(Oc3ccc4ccccc4n3)cc2)cc1. The summed E-state index contributed by atoms with van der Waals surface area (Å²) in [6, 6.07) is 29.5. The zero-order chi connectivity index (χ0) is 16.9. The molecule has 0 atom stereocenters. The highest BCUT2D eigenvalue weighted by atomic mass is 16.5. The minimum atomic E-state index is 0.549. The van der Waals surface area contributed by atoms with Crippen molar-refractivity contribution in [1.82, 2.24) is 4.98 Å². The molecule has 4 rings (SSSR count). The lowest BCUT2D eigenvalue weighted by atomic mass is 10.2.